The van der Waals surface area contributed by atoms with Crippen LogP contribution in [-0.4, -0.2) is 23.7 Å². The predicted octanol–water partition coefficient (Wildman–Crippen LogP) is 2.87. The van der Waals surface area contributed by atoms with Gasteiger partial charge in [-0.3, -0.25) is 14.9 Å². The molecule has 1 aliphatic rings. The van der Waals surface area contributed by atoms with Crippen LogP contribution in [0.3, 0.4) is 0 Å². The maximum atomic E-state index is 13.3. The van der Waals surface area contributed by atoms with Crippen molar-refractivity contribution >= 4 is 17.3 Å². The van der Waals surface area contributed by atoms with Gasteiger partial charge >= 0.3 is 5.69 Å². The lowest BCUT2D eigenvalue weighted by Gasteiger charge is -2.15. The first-order chi connectivity index (χ1) is 11.9. The number of ether oxygens (including phenoxy) is 3. The molecule has 0 unspecified atom stereocenters. The standard InChI is InChI=1S/C16H13FN2O6/c1-9(25-14-6-10(17)2-4-12(14)19(21)22)16(20)18-11-3-5-13-15(7-11)24-8-23-13/h2-7,9H,8H2,1H3,(H,18,20)/t9-/m0/s1. The van der Waals surface area contributed by atoms with Crippen molar-refractivity contribution in [2.45, 2.75) is 13.0 Å². The number of nitro groups is 1. The summed E-state index contributed by atoms with van der Waals surface area (Å²) < 4.78 is 29.0. The summed E-state index contributed by atoms with van der Waals surface area (Å²) in [4.78, 5) is 22.5. The second-order valence-electron chi connectivity index (χ2n) is 5.19. The van der Waals surface area contributed by atoms with Gasteiger partial charge in [-0.1, -0.05) is 0 Å². The van der Waals surface area contributed by atoms with Gasteiger partial charge < -0.3 is 19.5 Å². The van der Waals surface area contributed by atoms with Crippen molar-refractivity contribution in [3.05, 3.63) is 52.3 Å². The number of amides is 1. The van der Waals surface area contributed by atoms with Crippen LogP contribution in [0.4, 0.5) is 15.8 Å². The molecular weight excluding hydrogens is 335 g/mol. The summed E-state index contributed by atoms with van der Waals surface area (Å²) in [6.45, 7) is 1.51. The van der Waals surface area contributed by atoms with Gasteiger partial charge in [0.25, 0.3) is 5.91 Å². The lowest BCUT2D eigenvalue weighted by molar-refractivity contribution is -0.386. The van der Waals surface area contributed by atoms with Crippen LogP contribution in [0, 0.1) is 15.9 Å². The van der Waals surface area contributed by atoms with Crippen LogP contribution in [0.15, 0.2) is 36.4 Å². The molecule has 8 nitrogen and oxygen atoms in total. The molecule has 25 heavy (non-hydrogen) atoms. The normalized spacial score (nSPS) is 13.2. The van der Waals surface area contributed by atoms with E-state index in [2.05, 4.69) is 5.32 Å². The number of hydrogen-bond donors (Lipinski definition) is 1. The van der Waals surface area contributed by atoms with Crippen molar-refractivity contribution in [3.8, 4) is 17.2 Å². The number of hydrogen-bond acceptors (Lipinski definition) is 6. The van der Waals surface area contributed by atoms with Crippen molar-refractivity contribution in [1.82, 2.24) is 0 Å². The molecule has 3 rings (SSSR count). The van der Waals surface area contributed by atoms with Crippen molar-refractivity contribution < 1.29 is 28.3 Å². The van der Waals surface area contributed by atoms with E-state index in [1.54, 1.807) is 18.2 Å². The van der Waals surface area contributed by atoms with Gasteiger partial charge in [0.2, 0.25) is 12.5 Å². The maximum Gasteiger partial charge on any atom is 0.311 e. The Bertz CT molecular complexity index is 841. The Morgan fingerprint density at radius 1 is 1.28 bits per heavy atom. The van der Waals surface area contributed by atoms with Crippen molar-refractivity contribution in [2.24, 2.45) is 0 Å². The molecule has 1 aliphatic heterocycles. The van der Waals surface area contributed by atoms with E-state index < -0.39 is 28.4 Å². The number of anilines is 1. The van der Waals surface area contributed by atoms with Crippen molar-refractivity contribution in [3.63, 3.8) is 0 Å². The van der Waals surface area contributed by atoms with Crippen LogP contribution >= 0.6 is 0 Å². The smallest absolute Gasteiger partial charge is 0.311 e. The highest BCUT2D eigenvalue weighted by Crippen LogP contribution is 2.34. The number of nitrogens with one attached hydrogen (secondary N) is 1. The van der Waals surface area contributed by atoms with Gasteiger partial charge in [0.05, 0.1) is 4.92 Å². The van der Waals surface area contributed by atoms with E-state index in [4.69, 9.17) is 14.2 Å². The van der Waals surface area contributed by atoms with Crippen molar-refractivity contribution in [2.75, 3.05) is 12.1 Å². The van der Waals surface area contributed by atoms with Crippen LogP contribution in [0.25, 0.3) is 0 Å². The van der Waals surface area contributed by atoms with Crippen LogP contribution in [0.5, 0.6) is 17.2 Å². The Morgan fingerprint density at radius 2 is 2.04 bits per heavy atom. The molecule has 0 aliphatic carbocycles. The zero-order valence-electron chi connectivity index (χ0n) is 13.0. The Hall–Kier alpha value is -3.36. The molecule has 2 aromatic rings. The van der Waals surface area contributed by atoms with Gasteiger partial charge in [-0.25, -0.2) is 4.39 Å². The Morgan fingerprint density at radius 3 is 2.80 bits per heavy atom. The molecule has 0 radical (unpaired) electrons. The molecule has 9 heteroatoms. The summed E-state index contributed by atoms with van der Waals surface area (Å²) in [6.07, 6.45) is -1.09. The Kier molecular flexibility index (Phi) is 4.38. The molecule has 130 valence electrons. The molecule has 0 aromatic heterocycles. The molecule has 0 saturated heterocycles. The third kappa shape index (κ3) is 3.60. The minimum Gasteiger partial charge on any atom is -0.474 e. The van der Waals surface area contributed by atoms with Crippen LogP contribution < -0.4 is 19.5 Å². The highest BCUT2D eigenvalue weighted by Gasteiger charge is 2.22. The Labute approximate surface area is 141 Å². The van der Waals surface area contributed by atoms with E-state index in [-0.39, 0.29) is 12.5 Å². The third-order valence-corrected chi connectivity index (χ3v) is 3.43. The molecule has 0 saturated carbocycles. The lowest BCUT2D eigenvalue weighted by atomic mass is 10.2. The molecule has 1 heterocycles. The monoisotopic (exact) mass is 348 g/mol. The fourth-order valence-electron chi connectivity index (χ4n) is 2.20. The number of carbonyl (C=O) groups excluding carboxylic acids is 1. The van der Waals surface area contributed by atoms with Gasteiger partial charge in [0.1, 0.15) is 5.82 Å². The third-order valence-electron chi connectivity index (χ3n) is 3.43. The summed E-state index contributed by atoms with van der Waals surface area (Å²) in [5.74, 6) is -0.524. The topological polar surface area (TPSA) is 99.9 Å². The zero-order valence-corrected chi connectivity index (χ0v) is 13.0. The highest BCUT2D eigenvalue weighted by molar-refractivity contribution is 5.94. The molecule has 0 spiro atoms. The van der Waals surface area contributed by atoms with Gasteiger partial charge in [0.15, 0.2) is 17.6 Å². The van der Waals surface area contributed by atoms with E-state index in [0.29, 0.717) is 17.2 Å². The Balaban J connectivity index is 1.71. The summed E-state index contributed by atoms with van der Waals surface area (Å²) in [7, 11) is 0. The number of halogens is 1. The molecule has 0 fully saturated rings. The largest absolute Gasteiger partial charge is 0.474 e. The highest BCUT2D eigenvalue weighted by atomic mass is 19.1. The number of fused-ring (bicyclic) bond motifs is 1. The minimum absolute atomic E-state index is 0.107. The van der Waals surface area contributed by atoms with Gasteiger partial charge in [0, 0.05) is 23.9 Å². The second kappa shape index (κ2) is 6.63. The quantitative estimate of drug-likeness (QED) is 0.659. The first kappa shape index (κ1) is 16.5. The number of benzene rings is 2. The number of carbonyl (C=O) groups is 1. The minimum atomic E-state index is -1.09. The number of nitro benzene ring substituents is 1. The first-order valence-electron chi connectivity index (χ1n) is 7.25. The number of rotatable bonds is 5. The van der Waals surface area contributed by atoms with Gasteiger partial charge in [-0.2, -0.15) is 0 Å². The predicted molar refractivity (Wildman–Crippen MR) is 84.3 cm³/mol. The average molecular weight is 348 g/mol. The second-order valence-corrected chi connectivity index (χ2v) is 5.19. The van der Waals surface area contributed by atoms with Crippen LogP contribution in [0.2, 0.25) is 0 Å². The van der Waals surface area contributed by atoms with E-state index in [1.165, 1.54) is 6.92 Å². The van der Waals surface area contributed by atoms with Crippen LogP contribution in [-0.2, 0) is 4.79 Å². The molecule has 0 bridgehead atoms. The van der Waals surface area contributed by atoms with E-state index in [0.717, 1.165) is 18.2 Å². The fraction of sp³-hybridized carbons (Fsp3) is 0.188. The summed E-state index contributed by atoms with van der Waals surface area (Å²) in [5.41, 5.74) is 0.0163. The summed E-state index contributed by atoms with van der Waals surface area (Å²) in [6, 6.07) is 7.62. The summed E-state index contributed by atoms with van der Waals surface area (Å²) >= 11 is 0. The van der Waals surface area contributed by atoms with Gasteiger partial charge in [-0.05, 0) is 25.1 Å². The molecule has 1 atom stereocenters. The zero-order chi connectivity index (χ0) is 18.0. The average Bonchev–Trinajstić information content (AvgIpc) is 3.02. The number of nitrogens with zero attached hydrogens (tertiary/aromatic N) is 1. The molecule has 2 aromatic carbocycles. The fourth-order valence-corrected chi connectivity index (χ4v) is 2.20. The van der Waals surface area contributed by atoms with E-state index in [1.807, 2.05) is 0 Å². The van der Waals surface area contributed by atoms with Crippen molar-refractivity contribution in [1.29, 1.82) is 0 Å². The lowest BCUT2D eigenvalue weighted by Crippen LogP contribution is -2.30. The van der Waals surface area contributed by atoms with Crippen LogP contribution in [0.1, 0.15) is 6.92 Å². The van der Waals surface area contributed by atoms with Gasteiger partial charge in [-0.15, -0.1) is 0 Å². The molecular formula is C16H13FN2O6. The maximum absolute atomic E-state index is 13.3. The van der Waals surface area contributed by atoms with E-state index in [9.17, 15) is 19.3 Å². The first-order valence-corrected chi connectivity index (χ1v) is 7.25. The summed E-state index contributed by atoms with van der Waals surface area (Å²) in [5, 5.41) is 13.6. The van der Waals surface area contributed by atoms with E-state index >= 15 is 0 Å². The molecule has 1 amide bonds. The SMILES string of the molecule is C[C@H](Oc1cc(F)ccc1[N+](=O)[O-])C(=O)Nc1ccc2c(c1)OCO2. The molecule has 1 N–H and O–H groups in total.